The van der Waals surface area contributed by atoms with E-state index in [1.165, 1.54) is 11.3 Å². The van der Waals surface area contributed by atoms with Gasteiger partial charge in [-0.05, 0) is 36.3 Å². The lowest BCUT2D eigenvalue weighted by Crippen LogP contribution is -2.01. The van der Waals surface area contributed by atoms with Crippen LogP contribution in [-0.2, 0) is 4.79 Å². The van der Waals surface area contributed by atoms with E-state index in [-0.39, 0.29) is 5.78 Å². The van der Waals surface area contributed by atoms with E-state index >= 15 is 0 Å². The molecule has 0 amide bonds. The smallest absolute Gasteiger partial charge is 0.199 e. The summed E-state index contributed by atoms with van der Waals surface area (Å²) >= 11 is 1.43. The van der Waals surface area contributed by atoms with Gasteiger partial charge in [-0.15, -0.1) is 11.3 Å². The van der Waals surface area contributed by atoms with Crippen LogP contribution in [0.5, 0.6) is 0 Å². The number of rotatable bonds is 3. The number of carbonyl (C=O) groups is 2. The summed E-state index contributed by atoms with van der Waals surface area (Å²) in [6, 6.07) is 3.66. The minimum Gasteiger partial charge on any atom is -0.298 e. The molecule has 0 saturated carbocycles. The second-order valence-corrected chi connectivity index (χ2v) is 4.23. The number of thiophene rings is 1. The van der Waals surface area contributed by atoms with Crippen LogP contribution in [0.3, 0.4) is 0 Å². The minimum atomic E-state index is 0.0413. The molecule has 1 heterocycles. The van der Waals surface area contributed by atoms with Crippen molar-refractivity contribution in [2.24, 2.45) is 0 Å². The molecular weight excluding hydrogens is 196 g/mol. The normalized spacial score (nSPS) is 16.0. The molecule has 0 aromatic carbocycles. The van der Waals surface area contributed by atoms with Crippen LogP contribution in [0, 0.1) is 0 Å². The molecule has 0 radical (unpaired) electrons. The summed E-state index contributed by atoms with van der Waals surface area (Å²) in [4.78, 5) is 23.3. The van der Waals surface area contributed by atoms with Gasteiger partial charge < -0.3 is 0 Å². The van der Waals surface area contributed by atoms with E-state index in [0.717, 1.165) is 36.0 Å². The van der Waals surface area contributed by atoms with E-state index in [0.29, 0.717) is 5.57 Å². The average molecular weight is 206 g/mol. The van der Waals surface area contributed by atoms with E-state index in [9.17, 15) is 9.59 Å². The Balaban J connectivity index is 2.32. The number of carbonyl (C=O) groups excluding carboxylic acids is 2. The predicted octanol–water partition coefficient (Wildman–Crippen LogP) is 2.61. The molecule has 1 aromatic heterocycles. The number of Topliss-reactive ketones (excluding diaryl/α,β-unsaturated/α-hetero) is 1. The van der Waals surface area contributed by atoms with Crippen molar-refractivity contribution >= 4 is 23.4 Å². The maximum Gasteiger partial charge on any atom is 0.199 e. The second kappa shape index (κ2) is 3.88. The van der Waals surface area contributed by atoms with Crippen molar-refractivity contribution in [1.82, 2.24) is 0 Å². The molecule has 0 aliphatic heterocycles. The molecule has 0 N–H and O–H groups in total. The summed E-state index contributed by atoms with van der Waals surface area (Å²) in [7, 11) is 0. The molecule has 0 saturated heterocycles. The molecular formula is C11H10O2S. The van der Waals surface area contributed by atoms with Crippen LogP contribution in [0.25, 0.3) is 0 Å². The molecule has 0 unspecified atom stereocenters. The van der Waals surface area contributed by atoms with Gasteiger partial charge in [0.2, 0.25) is 0 Å². The minimum absolute atomic E-state index is 0.0413. The zero-order chi connectivity index (χ0) is 9.97. The van der Waals surface area contributed by atoms with Crippen molar-refractivity contribution in [3.05, 3.63) is 33.5 Å². The van der Waals surface area contributed by atoms with Gasteiger partial charge in [0.05, 0.1) is 4.88 Å². The highest BCUT2D eigenvalue weighted by molar-refractivity contribution is 7.12. The second-order valence-electron chi connectivity index (χ2n) is 3.28. The van der Waals surface area contributed by atoms with Crippen molar-refractivity contribution < 1.29 is 9.59 Å². The highest BCUT2D eigenvalue weighted by Gasteiger charge is 2.21. The van der Waals surface area contributed by atoms with Crippen LogP contribution in [-0.4, -0.2) is 12.1 Å². The monoisotopic (exact) mass is 206 g/mol. The van der Waals surface area contributed by atoms with Crippen molar-refractivity contribution in [3.63, 3.8) is 0 Å². The highest BCUT2D eigenvalue weighted by atomic mass is 32.1. The van der Waals surface area contributed by atoms with Gasteiger partial charge in [-0.1, -0.05) is 6.07 Å². The van der Waals surface area contributed by atoms with Crippen LogP contribution in [0.1, 0.15) is 28.9 Å². The standard InChI is InChI=1S/C11H10O2S/c12-7-8-3-1-4-9(8)11(13)10-5-2-6-14-10/h2,5-7H,1,3-4H2. The SMILES string of the molecule is O=CC1=C(C(=O)c2cccs2)CCC1. The Morgan fingerprint density at radius 1 is 1.43 bits per heavy atom. The highest BCUT2D eigenvalue weighted by Crippen LogP contribution is 2.28. The third-order valence-electron chi connectivity index (χ3n) is 2.42. The Kier molecular flexibility index (Phi) is 2.59. The fourth-order valence-corrected chi connectivity index (χ4v) is 2.40. The van der Waals surface area contributed by atoms with E-state index in [1.807, 2.05) is 11.4 Å². The first-order chi connectivity index (χ1) is 6.83. The van der Waals surface area contributed by atoms with Gasteiger partial charge in [0, 0.05) is 5.57 Å². The summed E-state index contributed by atoms with van der Waals surface area (Å²) in [5.41, 5.74) is 1.42. The first-order valence-electron chi connectivity index (χ1n) is 4.58. The van der Waals surface area contributed by atoms with Gasteiger partial charge >= 0.3 is 0 Å². The molecule has 1 aliphatic rings. The fourth-order valence-electron chi connectivity index (χ4n) is 1.71. The van der Waals surface area contributed by atoms with Gasteiger partial charge in [-0.3, -0.25) is 9.59 Å². The van der Waals surface area contributed by atoms with Crippen molar-refractivity contribution in [2.45, 2.75) is 19.3 Å². The summed E-state index contributed by atoms with van der Waals surface area (Å²) in [6.07, 6.45) is 3.27. The van der Waals surface area contributed by atoms with Crippen LogP contribution in [0.2, 0.25) is 0 Å². The van der Waals surface area contributed by atoms with Gasteiger partial charge in [-0.25, -0.2) is 0 Å². The van der Waals surface area contributed by atoms with Crippen LogP contribution in [0.4, 0.5) is 0 Å². The van der Waals surface area contributed by atoms with Crippen molar-refractivity contribution in [2.75, 3.05) is 0 Å². The molecule has 0 spiro atoms. The summed E-state index contributed by atoms with van der Waals surface area (Å²) in [5.74, 6) is 0.0413. The van der Waals surface area contributed by atoms with Crippen molar-refractivity contribution in [1.29, 1.82) is 0 Å². The lowest BCUT2D eigenvalue weighted by molar-refractivity contribution is -0.105. The molecule has 3 heteroatoms. The van der Waals surface area contributed by atoms with Gasteiger partial charge in [0.1, 0.15) is 6.29 Å². The number of aldehydes is 1. The molecule has 2 rings (SSSR count). The largest absolute Gasteiger partial charge is 0.298 e. The molecule has 1 aromatic rings. The molecule has 14 heavy (non-hydrogen) atoms. The summed E-state index contributed by atoms with van der Waals surface area (Å²) < 4.78 is 0. The van der Waals surface area contributed by atoms with E-state index in [2.05, 4.69) is 0 Å². The zero-order valence-corrected chi connectivity index (χ0v) is 8.47. The average Bonchev–Trinajstić information content (AvgIpc) is 2.87. The first kappa shape index (κ1) is 9.34. The van der Waals surface area contributed by atoms with Crippen LogP contribution in [0.15, 0.2) is 28.7 Å². The number of hydrogen-bond acceptors (Lipinski definition) is 3. The predicted molar refractivity (Wildman–Crippen MR) is 55.6 cm³/mol. The molecule has 0 fully saturated rings. The van der Waals surface area contributed by atoms with E-state index in [4.69, 9.17) is 0 Å². The summed E-state index contributed by atoms with van der Waals surface area (Å²) in [5, 5.41) is 1.88. The third-order valence-corrected chi connectivity index (χ3v) is 3.29. The van der Waals surface area contributed by atoms with Gasteiger partial charge in [0.25, 0.3) is 0 Å². The van der Waals surface area contributed by atoms with Crippen LogP contribution >= 0.6 is 11.3 Å². The number of allylic oxidation sites excluding steroid dienone is 2. The fraction of sp³-hybridized carbons (Fsp3) is 0.273. The quantitative estimate of drug-likeness (QED) is 0.562. The Bertz CT molecular complexity index is 387. The van der Waals surface area contributed by atoms with E-state index in [1.54, 1.807) is 6.07 Å². The molecule has 0 atom stereocenters. The Morgan fingerprint density at radius 3 is 2.93 bits per heavy atom. The Labute approximate surface area is 86.3 Å². The maximum absolute atomic E-state index is 11.9. The topological polar surface area (TPSA) is 34.1 Å². The molecule has 2 nitrogen and oxygen atoms in total. The van der Waals surface area contributed by atoms with Gasteiger partial charge in [-0.2, -0.15) is 0 Å². The van der Waals surface area contributed by atoms with E-state index < -0.39 is 0 Å². The molecule has 72 valence electrons. The zero-order valence-electron chi connectivity index (χ0n) is 7.66. The lowest BCUT2D eigenvalue weighted by Gasteiger charge is -1.98. The Morgan fingerprint density at radius 2 is 2.29 bits per heavy atom. The number of ketones is 1. The van der Waals surface area contributed by atoms with Crippen LogP contribution < -0.4 is 0 Å². The number of hydrogen-bond donors (Lipinski definition) is 0. The third kappa shape index (κ3) is 1.55. The summed E-state index contributed by atoms with van der Waals surface area (Å²) in [6.45, 7) is 0. The maximum atomic E-state index is 11.9. The molecule has 1 aliphatic carbocycles. The molecule has 0 bridgehead atoms. The van der Waals surface area contributed by atoms with Gasteiger partial charge in [0.15, 0.2) is 5.78 Å². The lowest BCUT2D eigenvalue weighted by atomic mass is 10.1. The van der Waals surface area contributed by atoms with Crippen molar-refractivity contribution in [3.8, 4) is 0 Å². The first-order valence-corrected chi connectivity index (χ1v) is 5.46. The Hall–Kier alpha value is -1.22.